The molecule has 2 aliphatic heterocycles. The Hall–Kier alpha value is -1.11. The Balaban J connectivity index is 0.00000208. The number of carbonyl (C=O) groups is 2. The fraction of sp³-hybridized carbons (Fsp3) is 0.647. The highest BCUT2D eigenvalue weighted by molar-refractivity contribution is 7.09. The number of likely N-dealkylation sites (tertiary alicyclic amines) is 1. The molecule has 1 aromatic heterocycles. The number of halogens is 1. The lowest BCUT2D eigenvalue weighted by Crippen LogP contribution is -2.45. The highest BCUT2D eigenvalue weighted by Crippen LogP contribution is 2.21. The molecule has 0 bridgehead atoms. The van der Waals surface area contributed by atoms with Crippen molar-refractivity contribution in [2.75, 3.05) is 32.7 Å². The highest BCUT2D eigenvalue weighted by atomic mass is 35.5. The topological polar surface area (TPSA) is 61.4 Å². The van der Waals surface area contributed by atoms with Gasteiger partial charge in [-0.15, -0.1) is 23.7 Å². The van der Waals surface area contributed by atoms with Crippen LogP contribution in [0.2, 0.25) is 0 Å². The summed E-state index contributed by atoms with van der Waals surface area (Å²) in [6, 6.07) is 4.13. The van der Waals surface area contributed by atoms with Gasteiger partial charge in [0, 0.05) is 37.0 Å². The molecule has 2 fully saturated rings. The van der Waals surface area contributed by atoms with Crippen molar-refractivity contribution in [1.29, 1.82) is 0 Å². The molecule has 0 radical (unpaired) electrons. The third-order valence-corrected chi connectivity index (χ3v) is 5.77. The molecular formula is C17H26ClN3O2S. The van der Waals surface area contributed by atoms with Crippen LogP contribution in [-0.2, 0) is 16.0 Å². The summed E-state index contributed by atoms with van der Waals surface area (Å²) in [5.41, 5.74) is 0. The van der Waals surface area contributed by atoms with Crippen LogP contribution >= 0.6 is 23.7 Å². The van der Waals surface area contributed by atoms with Crippen molar-refractivity contribution < 1.29 is 9.59 Å². The SMILES string of the molecule is Cl.O=C(NCCc1cccs1)C1CCN(C(=O)C2CCNC2)CC1. The van der Waals surface area contributed by atoms with Gasteiger partial charge in [-0.25, -0.2) is 0 Å². The summed E-state index contributed by atoms with van der Waals surface area (Å²) in [5, 5.41) is 8.35. The zero-order valence-electron chi connectivity index (χ0n) is 13.8. The zero-order chi connectivity index (χ0) is 16.1. The minimum atomic E-state index is 0. The molecule has 3 heterocycles. The third-order valence-electron chi connectivity index (χ3n) is 4.84. The normalized spacial score (nSPS) is 21.3. The lowest BCUT2D eigenvalue weighted by atomic mass is 9.94. The van der Waals surface area contributed by atoms with Crippen LogP contribution in [0.3, 0.4) is 0 Å². The number of thiophene rings is 1. The number of hydrogen-bond acceptors (Lipinski definition) is 4. The van der Waals surface area contributed by atoms with E-state index in [0.717, 1.165) is 51.9 Å². The first-order valence-corrected chi connectivity index (χ1v) is 9.41. The van der Waals surface area contributed by atoms with E-state index < -0.39 is 0 Å². The predicted molar refractivity (Wildman–Crippen MR) is 98.6 cm³/mol. The van der Waals surface area contributed by atoms with Crippen LogP contribution in [0.1, 0.15) is 24.1 Å². The molecule has 2 amide bonds. The maximum Gasteiger partial charge on any atom is 0.227 e. The van der Waals surface area contributed by atoms with Gasteiger partial charge in [0.1, 0.15) is 0 Å². The van der Waals surface area contributed by atoms with Crippen LogP contribution in [-0.4, -0.2) is 49.4 Å². The van der Waals surface area contributed by atoms with E-state index in [1.807, 2.05) is 11.0 Å². The van der Waals surface area contributed by atoms with E-state index in [1.165, 1.54) is 4.88 Å². The van der Waals surface area contributed by atoms with Crippen LogP contribution in [0.15, 0.2) is 17.5 Å². The van der Waals surface area contributed by atoms with Crippen molar-refractivity contribution in [2.24, 2.45) is 11.8 Å². The molecule has 2 aliphatic rings. The van der Waals surface area contributed by atoms with Gasteiger partial charge in [0.2, 0.25) is 11.8 Å². The van der Waals surface area contributed by atoms with E-state index >= 15 is 0 Å². The Labute approximate surface area is 153 Å². The molecule has 1 unspecified atom stereocenters. The minimum absolute atomic E-state index is 0. The van der Waals surface area contributed by atoms with E-state index in [-0.39, 0.29) is 36.1 Å². The fourth-order valence-corrected chi connectivity index (χ4v) is 4.10. The van der Waals surface area contributed by atoms with Crippen LogP contribution in [0, 0.1) is 11.8 Å². The lowest BCUT2D eigenvalue weighted by molar-refractivity contribution is -0.138. The van der Waals surface area contributed by atoms with E-state index in [2.05, 4.69) is 22.1 Å². The molecule has 0 spiro atoms. The molecule has 5 nitrogen and oxygen atoms in total. The molecule has 0 aliphatic carbocycles. The first-order chi connectivity index (χ1) is 11.2. The van der Waals surface area contributed by atoms with Gasteiger partial charge in [-0.1, -0.05) is 6.07 Å². The molecule has 1 atom stereocenters. The molecule has 7 heteroatoms. The highest BCUT2D eigenvalue weighted by Gasteiger charge is 2.31. The maximum absolute atomic E-state index is 12.4. The van der Waals surface area contributed by atoms with E-state index in [9.17, 15) is 9.59 Å². The van der Waals surface area contributed by atoms with Crippen molar-refractivity contribution in [3.8, 4) is 0 Å². The predicted octanol–water partition coefficient (Wildman–Crippen LogP) is 1.68. The molecule has 2 saturated heterocycles. The molecule has 0 aromatic carbocycles. The molecule has 1 aromatic rings. The summed E-state index contributed by atoms with van der Waals surface area (Å²) < 4.78 is 0. The van der Waals surface area contributed by atoms with Gasteiger partial charge in [-0.05, 0) is 43.7 Å². The number of piperidine rings is 1. The Morgan fingerprint density at radius 2 is 2.04 bits per heavy atom. The fourth-order valence-electron chi connectivity index (χ4n) is 3.39. The Morgan fingerprint density at radius 3 is 2.67 bits per heavy atom. The Morgan fingerprint density at radius 1 is 1.25 bits per heavy atom. The monoisotopic (exact) mass is 371 g/mol. The first kappa shape index (κ1) is 19.2. The molecular weight excluding hydrogens is 346 g/mol. The van der Waals surface area contributed by atoms with Crippen LogP contribution < -0.4 is 10.6 Å². The average Bonchev–Trinajstić information content (AvgIpc) is 3.28. The second-order valence-corrected chi connectivity index (χ2v) is 7.44. The second-order valence-electron chi connectivity index (χ2n) is 6.41. The zero-order valence-corrected chi connectivity index (χ0v) is 15.5. The van der Waals surface area contributed by atoms with Crippen molar-refractivity contribution in [2.45, 2.75) is 25.7 Å². The van der Waals surface area contributed by atoms with E-state index in [4.69, 9.17) is 0 Å². The summed E-state index contributed by atoms with van der Waals surface area (Å²) in [4.78, 5) is 27.9. The van der Waals surface area contributed by atoms with Gasteiger partial charge in [-0.3, -0.25) is 9.59 Å². The van der Waals surface area contributed by atoms with Gasteiger partial charge in [-0.2, -0.15) is 0 Å². The van der Waals surface area contributed by atoms with Gasteiger partial charge >= 0.3 is 0 Å². The van der Waals surface area contributed by atoms with Crippen molar-refractivity contribution in [3.05, 3.63) is 22.4 Å². The molecule has 2 N–H and O–H groups in total. The quantitative estimate of drug-likeness (QED) is 0.827. The summed E-state index contributed by atoms with van der Waals surface area (Å²) >= 11 is 1.73. The number of hydrogen-bond donors (Lipinski definition) is 2. The molecule has 134 valence electrons. The van der Waals surface area contributed by atoms with Gasteiger partial charge in [0.15, 0.2) is 0 Å². The summed E-state index contributed by atoms with van der Waals surface area (Å²) in [6.45, 7) is 3.89. The number of nitrogens with one attached hydrogen (secondary N) is 2. The van der Waals surface area contributed by atoms with Crippen molar-refractivity contribution >= 4 is 35.6 Å². The van der Waals surface area contributed by atoms with Crippen molar-refractivity contribution in [3.63, 3.8) is 0 Å². The number of carbonyl (C=O) groups excluding carboxylic acids is 2. The van der Waals surface area contributed by atoms with Crippen LogP contribution in [0.4, 0.5) is 0 Å². The Kier molecular flexibility index (Phi) is 7.52. The molecule has 0 saturated carbocycles. The van der Waals surface area contributed by atoms with Crippen LogP contribution in [0.5, 0.6) is 0 Å². The number of rotatable bonds is 5. The summed E-state index contributed by atoms with van der Waals surface area (Å²) in [6.07, 6.45) is 3.42. The third kappa shape index (κ3) is 4.94. The maximum atomic E-state index is 12.4. The average molecular weight is 372 g/mol. The van der Waals surface area contributed by atoms with Gasteiger partial charge in [0.25, 0.3) is 0 Å². The lowest BCUT2D eigenvalue weighted by Gasteiger charge is -2.32. The largest absolute Gasteiger partial charge is 0.355 e. The summed E-state index contributed by atoms with van der Waals surface area (Å²) in [5.74, 6) is 0.623. The van der Waals surface area contributed by atoms with Gasteiger partial charge in [0.05, 0.1) is 5.92 Å². The second kappa shape index (κ2) is 9.39. The van der Waals surface area contributed by atoms with Crippen molar-refractivity contribution in [1.82, 2.24) is 15.5 Å². The van der Waals surface area contributed by atoms with E-state index in [1.54, 1.807) is 11.3 Å². The number of amides is 2. The first-order valence-electron chi connectivity index (χ1n) is 8.53. The standard InChI is InChI=1S/C17H25N3O2S.ClH/c21-16(19-8-4-15-2-1-11-23-15)13-5-9-20(10-6-13)17(22)14-3-7-18-12-14;/h1-2,11,13-14,18H,3-10,12H2,(H,19,21);1H. The van der Waals surface area contributed by atoms with Gasteiger partial charge < -0.3 is 15.5 Å². The van der Waals surface area contributed by atoms with Crippen LogP contribution in [0.25, 0.3) is 0 Å². The molecule has 3 rings (SSSR count). The molecule has 24 heavy (non-hydrogen) atoms. The smallest absolute Gasteiger partial charge is 0.227 e. The minimum Gasteiger partial charge on any atom is -0.355 e. The number of nitrogens with zero attached hydrogens (tertiary/aromatic N) is 1. The summed E-state index contributed by atoms with van der Waals surface area (Å²) in [7, 11) is 0. The Bertz CT molecular complexity index is 524. The van der Waals surface area contributed by atoms with E-state index in [0.29, 0.717) is 6.54 Å².